The molecule has 0 saturated heterocycles. The number of hydrogen-bond donors (Lipinski definition) is 1. The molecule has 2 aromatic rings. The van der Waals surface area contributed by atoms with E-state index < -0.39 is 0 Å². The van der Waals surface area contributed by atoms with Gasteiger partial charge in [-0.15, -0.1) is 0 Å². The van der Waals surface area contributed by atoms with Crippen LogP contribution in [0.15, 0.2) is 47.6 Å². The summed E-state index contributed by atoms with van der Waals surface area (Å²) in [5, 5.41) is 6.14. The molecule has 0 saturated carbocycles. The summed E-state index contributed by atoms with van der Waals surface area (Å²) in [6.07, 6.45) is 0. The van der Waals surface area contributed by atoms with E-state index in [0.717, 1.165) is 11.3 Å². The summed E-state index contributed by atoms with van der Waals surface area (Å²) in [6, 6.07) is 14.5. The molecule has 0 fully saturated rings. The molecule has 0 radical (unpaired) electrons. The summed E-state index contributed by atoms with van der Waals surface area (Å²) >= 11 is 0. The van der Waals surface area contributed by atoms with E-state index in [0.29, 0.717) is 0 Å². The molecule has 2 heteroatoms. The highest BCUT2D eigenvalue weighted by Gasteiger charge is 1.98. The fraction of sp³-hybridized carbons (Fsp3) is 0.312. The van der Waals surface area contributed by atoms with Gasteiger partial charge in [0.25, 0.3) is 0 Å². The molecule has 0 amide bonds. The second-order valence-electron chi connectivity index (χ2n) is 3.28. The maximum Gasteiger partial charge on any atom is 0.0642 e. The summed E-state index contributed by atoms with van der Waals surface area (Å²) in [5.74, 6) is 5.24. The SMILES string of the molecule is C/C(=N\N)c1ccc2ccccc2c1.CC.CC. The fourth-order valence-electron chi connectivity index (χ4n) is 1.49. The Morgan fingerprint density at radius 1 is 0.889 bits per heavy atom. The summed E-state index contributed by atoms with van der Waals surface area (Å²) in [7, 11) is 0. The van der Waals surface area contributed by atoms with Crippen molar-refractivity contribution in [2.45, 2.75) is 34.6 Å². The maximum absolute atomic E-state index is 5.24. The molecular weight excluding hydrogens is 220 g/mol. The van der Waals surface area contributed by atoms with Crippen LogP contribution in [0.4, 0.5) is 0 Å². The monoisotopic (exact) mass is 244 g/mol. The summed E-state index contributed by atoms with van der Waals surface area (Å²) in [5.41, 5.74) is 1.93. The average Bonchev–Trinajstić information content (AvgIpc) is 2.50. The molecule has 0 aliphatic heterocycles. The number of rotatable bonds is 1. The smallest absolute Gasteiger partial charge is 0.0642 e. The zero-order valence-corrected chi connectivity index (χ0v) is 12.1. The molecule has 0 aliphatic rings. The first kappa shape index (κ1) is 16.2. The molecule has 0 unspecified atom stereocenters. The van der Waals surface area contributed by atoms with Gasteiger partial charge >= 0.3 is 0 Å². The topological polar surface area (TPSA) is 38.4 Å². The molecule has 18 heavy (non-hydrogen) atoms. The van der Waals surface area contributed by atoms with Crippen molar-refractivity contribution < 1.29 is 0 Å². The highest BCUT2D eigenvalue weighted by molar-refractivity contribution is 6.01. The van der Waals surface area contributed by atoms with Crippen LogP contribution < -0.4 is 5.84 Å². The van der Waals surface area contributed by atoms with Crippen molar-refractivity contribution in [1.29, 1.82) is 0 Å². The Labute approximate surface area is 111 Å². The number of nitrogens with two attached hydrogens (primary N) is 1. The predicted molar refractivity (Wildman–Crippen MR) is 83.0 cm³/mol. The Bertz CT molecular complexity index is 487. The molecule has 2 N–H and O–H groups in total. The Morgan fingerprint density at radius 3 is 2.00 bits per heavy atom. The van der Waals surface area contributed by atoms with Crippen LogP contribution in [0.3, 0.4) is 0 Å². The third-order valence-electron chi connectivity index (χ3n) is 2.36. The number of nitrogens with zero attached hydrogens (tertiary/aromatic N) is 1. The van der Waals surface area contributed by atoms with Crippen molar-refractivity contribution >= 4 is 16.5 Å². The molecule has 0 aliphatic carbocycles. The lowest BCUT2D eigenvalue weighted by atomic mass is 10.0. The molecule has 0 heterocycles. The normalized spacial score (nSPS) is 9.94. The van der Waals surface area contributed by atoms with Crippen LogP contribution in [0.25, 0.3) is 10.8 Å². The molecular formula is C16H24N2. The summed E-state index contributed by atoms with van der Waals surface area (Å²) in [6.45, 7) is 9.91. The number of hydrazone groups is 1. The standard InChI is InChI=1S/C12H12N2.2C2H6/c1-9(14-13)11-7-6-10-4-2-3-5-12(10)8-11;2*1-2/h2-8H,13H2,1H3;2*1-2H3/b14-9+;;. The van der Waals surface area contributed by atoms with Gasteiger partial charge in [0.05, 0.1) is 5.71 Å². The van der Waals surface area contributed by atoms with Gasteiger partial charge in [-0.3, -0.25) is 0 Å². The third-order valence-corrected chi connectivity index (χ3v) is 2.36. The number of fused-ring (bicyclic) bond motifs is 1. The predicted octanol–water partition coefficient (Wildman–Crippen LogP) is 4.57. The van der Waals surface area contributed by atoms with Crippen molar-refractivity contribution in [3.8, 4) is 0 Å². The van der Waals surface area contributed by atoms with Crippen molar-refractivity contribution in [2.75, 3.05) is 0 Å². The van der Waals surface area contributed by atoms with Gasteiger partial charge < -0.3 is 5.84 Å². The van der Waals surface area contributed by atoms with E-state index in [-0.39, 0.29) is 0 Å². The van der Waals surface area contributed by atoms with Crippen LogP contribution in [-0.2, 0) is 0 Å². The van der Waals surface area contributed by atoms with Crippen molar-refractivity contribution in [3.05, 3.63) is 48.0 Å². The van der Waals surface area contributed by atoms with Gasteiger partial charge in [0.15, 0.2) is 0 Å². The second kappa shape index (κ2) is 9.23. The first-order valence-electron chi connectivity index (χ1n) is 6.55. The zero-order chi connectivity index (χ0) is 14.0. The van der Waals surface area contributed by atoms with E-state index in [1.807, 2.05) is 52.8 Å². The quantitative estimate of drug-likeness (QED) is 0.445. The van der Waals surface area contributed by atoms with Gasteiger partial charge in [0.1, 0.15) is 0 Å². The summed E-state index contributed by atoms with van der Waals surface area (Å²) in [4.78, 5) is 0. The van der Waals surface area contributed by atoms with Crippen LogP contribution in [-0.4, -0.2) is 5.71 Å². The lowest BCUT2D eigenvalue weighted by Crippen LogP contribution is -1.98. The number of benzene rings is 2. The van der Waals surface area contributed by atoms with E-state index in [1.165, 1.54) is 10.8 Å². The number of hydrogen-bond acceptors (Lipinski definition) is 2. The van der Waals surface area contributed by atoms with Gasteiger partial charge in [-0.1, -0.05) is 64.1 Å². The fourth-order valence-corrected chi connectivity index (χ4v) is 1.49. The second-order valence-corrected chi connectivity index (χ2v) is 3.28. The lowest BCUT2D eigenvalue weighted by molar-refractivity contribution is 1.24. The minimum Gasteiger partial charge on any atom is -0.323 e. The molecule has 2 nitrogen and oxygen atoms in total. The van der Waals surface area contributed by atoms with Gasteiger partial charge in [-0.25, -0.2) is 0 Å². The highest BCUT2D eigenvalue weighted by Crippen LogP contribution is 2.15. The third kappa shape index (κ3) is 4.21. The molecule has 0 atom stereocenters. The molecule has 2 aromatic carbocycles. The molecule has 0 spiro atoms. The van der Waals surface area contributed by atoms with Crippen LogP contribution in [0.5, 0.6) is 0 Å². The molecule has 0 bridgehead atoms. The lowest BCUT2D eigenvalue weighted by Gasteiger charge is -2.01. The average molecular weight is 244 g/mol. The van der Waals surface area contributed by atoms with Crippen molar-refractivity contribution in [2.24, 2.45) is 10.9 Å². The van der Waals surface area contributed by atoms with Gasteiger partial charge in [0.2, 0.25) is 0 Å². The Balaban J connectivity index is 0.000000659. The highest BCUT2D eigenvalue weighted by atomic mass is 15.1. The van der Waals surface area contributed by atoms with E-state index in [9.17, 15) is 0 Å². The van der Waals surface area contributed by atoms with Crippen molar-refractivity contribution in [1.82, 2.24) is 0 Å². The van der Waals surface area contributed by atoms with E-state index in [4.69, 9.17) is 5.84 Å². The zero-order valence-electron chi connectivity index (χ0n) is 12.1. The van der Waals surface area contributed by atoms with Gasteiger partial charge in [0, 0.05) is 0 Å². The van der Waals surface area contributed by atoms with E-state index in [2.05, 4.69) is 29.4 Å². The minimum absolute atomic E-state index is 0.857. The molecule has 2 rings (SSSR count). The maximum atomic E-state index is 5.24. The first-order valence-corrected chi connectivity index (χ1v) is 6.55. The van der Waals surface area contributed by atoms with Crippen molar-refractivity contribution in [3.63, 3.8) is 0 Å². The van der Waals surface area contributed by atoms with E-state index in [1.54, 1.807) is 0 Å². The Hall–Kier alpha value is -1.83. The largest absolute Gasteiger partial charge is 0.323 e. The first-order chi connectivity index (χ1) is 8.81. The van der Waals surface area contributed by atoms with Crippen LogP contribution in [0, 0.1) is 0 Å². The Kier molecular flexibility index (Phi) is 8.29. The molecule has 98 valence electrons. The van der Waals surface area contributed by atoms with Crippen LogP contribution in [0.1, 0.15) is 40.2 Å². The Morgan fingerprint density at radius 2 is 1.44 bits per heavy atom. The van der Waals surface area contributed by atoms with Gasteiger partial charge in [-0.05, 0) is 29.3 Å². The van der Waals surface area contributed by atoms with Crippen LogP contribution in [0.2, 0.25) is 0 Å². The van der Waals surface area contributed by atoms with Crippen LogP contribution >= 0.6 is 0 Å². The summed E-state index contributed by atoms with van der Waals surface area (Å²) < 4.78 is 0. The molecule has 0 aromatic heterocycles. The minimum atomic E-state index is 0.857. The van der Waals surface area contributed by atoms with Gasteiger partial charge in [-0.2, -0.15) is 5.10 Å². The van der Waals surface area contributed by atoms with E-state index >= 15 is 0 Å².